The van der Waals surface area contributed by atoms with Gasteiger partial charge in [0.05, 0.1) is 16.8 Å². The summed E-state index contributed by atoms with van der Waals surface area (Å²) < 4.78 is 66.9. The van der Waals surface area contributed by atoms with Gasteiger partial charge in [-0.1, -0.05) is 6.07 Å². The van der Waals surface area contributed by atoms with Crippen LogP contribution in [-0.2, 0) is 7.05 Å². The standard InChI is InChI=1S/C23H19F2N7O/c1-3-26-19-9-8-17-21(28-19)20(13-4-6-18(22(24)25)27-11-13)23(33)32(30-17)15-5-7-16-14(10-15)12-31(2)29-16/h4-12,22H,3H2,1-2H3,(H,26,28)/i1D3,3D2. The van der Waals surface area contributed by atoms with Crippen LogP contribution in [0.2, 0.25) is 0 Å². The number of benzene rings is 1. The molecule has 4 aromatic heterocycles. The predicted octanol–water partition coefficient (Wildman–Crippen LogP) is 4.10. The molecule has 0 bridgehead atoms. The first-order valence-electron chi connectivity index (χ1n) is 12.2. The van der Waals surface area contributed by atoms with Crippen molar-refractivity contribution in [3.63, 3.8) is 0 Å². The molecular formula is C23H19F2N7O. The van der Waals surface area contributed by atoms with Gasteiger partial charge in [-0.2, -0.15) is 14.9 Å². The van der Waals surface area contributed by atoms with Gasteiger partial charge in [0.1, 0.15) is 22.5 Å². The lowest BCUT2D eigenvalue weighted by molar-refractivity contribution is 0.146. The summed E-state index contributed by atoms with van der Waals surface area (Å²) in [5.74, 6) is -0.159. The average Bonchev–Trinajstić information content (AvgIpc) is 3.22. The Hall–Kier alpha value is -4.21. The minimum absolute atomic E-state index is 0.00615. The molecule has 5 rings (SSSR count). The Morgan fingerprint density at radius 3 is 2.76 bits per heavy atom. The minimum atomic E-state index is -3.01. The normalized spacial score (nSPS) is 14.6. The Balaban J connectivity index is 1.74. The molecule has 1 N–H and O–H groups in total. The van der Waals surface area contributed by atoms with Crippen LogP contribution in [0.25, 0.3) is 38.8 Å². The van der Waals surface area contributed by atoms with Crippen molar-refractivity contribution in [3.05, 3.63) is 70.9 Å². The van der Waals surface area contributed by atoms with E-state index in [0.29, 0.717) is 11.2 Å². The fourth-order valence-electron chi connectivity index (χ4n) is 3.60. The van der Waals surface area contributed by atoms with E-state index in [-0.39, 0.29) is 28.0 Å². The maximum absolute atomic E-state index is 13.8. The number of nitrogens with zero attached hydrogens (tertiary/aromatic N) is 6. The van der Waals surface area contributed by atoms with Crippen LogP contribution in [0.5, 0.6) is 0 Å². The molecule has 4 heterocycles. The van der Waals surface area contributed by atoms with Gasteiger partial charge in [-0.15, -0.1) is 0 Å². The lowest BCUT2D eigenvalue weighted by Crippen LogP contribution is -2.24. The molecular weight excluding hydrogens is 428 g/mol. The van der Waals surface area contributed by atoms with Crippen molar-refractivity contribution in [2.75, 3.05) is 11.8 Å². The number of nitrogens with one attached hydrogen (secondary N) is 1. The van der Waals surface area contributed by atoms with Crippen LogP contribution >= 0.6 is 0 Å². The van der Waals surface area contributed by atoms with Gasteiger partial charge in [0, 0.05) is 43.7 Å². The molecule has 10 heteroatoms. The van der Waals surface area contributed by atoms with Crippen molar-refractivity contribution in [2.24, 2.45) is 7.05 Å². The van der Waals surface area contributed by atoms with E-state index in [2.05, 4.69) is 25.5 Å². The molecule has 0 aliphatic heterocycles. The maximum atomic E-state index is 13.8. The third-order valence-corrected chi connectivity index (χ3v) is 5.06. The maximum Gasteiger partial charge on any atom is 0.281 e. The van der Waals surface area contributed by atoms with Crippen molar-refractivity contribution in [2.45, 2.75) is 13.3 Å². The van der Waals surface area contributed by atoms with E-state index in [4.69, 9.17) is 6.85 Å². The van der Waals surface area contributed by atoms with E-state index in [1.54, 1.807) is 36.1 Å². The first kappa shape index (κ1) is 15.6. The van der Waals surface area contributed by atoms with Crippen molar-refractivity contribution in [1.29, 1.82) is 0 Å². The molecule has 33 heavy (non-hydrogen) atoms. The van der Waals surface area contributed by atoms with E-state index in [1.807, 2.05) is 0 Å². The monoisotopic (exact) mass is 452 g/mol. The number of hydrogen-bond acceptors (Lipinski definition) is 6. The third-order valence-electron chi connectivity index (χ3n) is 5.06. The predicted molar refractivity (Wildman–Crippen MR) is 122 cm³/mol. The van der Waals surface area contributed by atoms with Crippen molar-refractivity contribution < 1.29 is 15.6 Å². The second-order valence-electron chi connectivity index (χ2n) is 7.22. The summed E-state index contributed by atoms with van der Waals surface area (Å²) in [5.41, 5.74) is 0.357. The van der Waals surface area contributed by atoms with E-state index in [0.717, 1.165) is 22.3 Å². The number of pyridine rings is 2. The number of fused-ring (bicyclic) bond motifs is 2. The molecule has 0 saturated carbocycles. The highest BCUT2D eigenvalue weighted by atomic mass is 19.3. The zero-order chi connectivity index (χ0) is 27.4. The van der Waals surface area contributed by atoms with Crippen LogP contribution in [0.3, 0.4) is 0 Å². The molecule has 8 nitrogen and oxygen atoms in total. The number of aromatic nitrogens is 6. The minimum Gasteiger partial charge on any atom is -0.370 e. The Morgan fingerprint density at radius 1 is 1.15 bits per heavy atom. The summed E-state index contributed by atoms with van der Waals surface area (Å²) in [4.78, 5) is 21.8. The zero-order valence-electron chi connectivity index (χ0n) is 22.1. The Kier molecular flexibility index (Phi) is 3.80. The van der Waals surface area contributed by atoms with Gasteiger partial charge in [-0.3, -0.25) is 14.5 Å². The largest absolute Gasteiger partial charge is 0.370 e. The smallest absolute Gasteiger partial charge is 0.281 e. The Bertz CT molecular complexity index is 1730. The van der Waals surface area contributed by atoms with Gasteiger partial charge in [-0.25, -0.2) is 13.8 Å². The lowest BCUT2D eigenvalue weighted by atomic mass is 10.1. The van der Waals surface area contributed by atoms with Crippen LogP contribution in [0.1, 0.15) is 25.8 Å². The number of aryl methyl sites for hydroxylation is 1. The van der Waals surface area contributed by atoms with Gasteiger partial charge in [-0.05, 0) is 43.3 Å². The highest BCUT2D eigenvalue weighted by Gasteiger charge is 2.18. The number of hydrogen-bond donors (Lipinski definition) is 1. The van der Waals surface area contributed by atoms with Gasteiger partial charge >= 0.3 is 0 Å². The van der Waals surface area contributed by atoms with Crippen LogP contribution in [0.4, 0.5) is 14.6 Å². The van der Waals surface area contributed by atoms with E-state index < -0.39 is 31.0 Å². The summed E-state index contributed by atoms with van der Waals surface area (Å²) in [6.45, 7) is -5.83. The first-order chi connectivity index (χ1) is 17.8. The van der Waals surface area contributed by atoms with E-state index in [9.17, 15) is 13.6 Å². The highest BCUT2D eigenvalue weighted by Crippen LogP contribution is 2.27. The highest BCUT2D eigenvalue weighted by molar-refractivity contribution is 5.91. The molecule has 0 spiro atoms. The second-order valence-corrected chi connectivity index (χ2v) is 7.22. The third kappa shape index (κ3) is 3.69. The van der Waals surface area contributed by atoms with Gasteiger partial charge in [0.25, 0.3) is 12.0 Å². The summed E-state index contributed by atoms with van der Waals surface area (Å²) in [6, 6.07) is 10.3. The van der Waals surface area contributed by atoms with Crippen molar-refractivity contribution in [3.8, 4) is 16.8 Å². The number of halogens is 2. The first-order valence-corrected chi connectivity index (χ1v) is 9.74. The molecule has 0 aliphatic carbocycles. The average molecular weight is 452 g/mol. The molecule has 0 amide bonds. The van der Waals surface area contributed by atoms with Gasteiger partial charge < -0.3 is 5.32 Å². The molecule has 1 aromatic carbocycles. The molecule has 0 atom stereocenters. The molecule has 0 radical (unpaired) electrons. The summed E-state index contributed by atoms with van der Waals surface area (Å²) in [7, 11) is 1.76. The van der Waals surface area contributed by atoms with Crippen LogP contribution in [0.15, 0.2) is 59.7 Å². The summed E-state index contributed by atoms with van der Waals surface area (Å²) in [6.07, 6.45) is 0.0877. The van der Waals surface area contributed by atoms with Gasteiger partial charge in [0.2, 0.25) is 0 Å². The number of alkyl halides is 2. The van der Waals surface area contributed by atoms with Crippen LogP contribution in [0, 0.1) is 0 Å². The van der Waals surface area contributed by atoms with Crippen LogP contribution < -0.4 is 10.9 Å². The number of anilines is 1. The second kappa shape index (κ2) is 8.05. The fourth-order valence-corrected chi connectivity index (χ4v) is 3.60. The molecule has 0 aliphatic rings. The van der Waals surface area contributed by atoms with E-state index >= 15 is 0 Å². The quantitative estimate of drug-likeness (QED) is 0.432. The van der Waals surface area contributed by atoms with Crippen molar-refractivity contribution >= 4 is 27.8 Å². The summed E-state index contributed by atoms with van der Waals surface area (Å²) in [5, 5.41) is 11.7. The zero-order valence-corrected chi connectivity index (χ0v) is 17.1. The topological polar surface area (TPSA) is 90.5 Å². The Morgan fingerprint density at radius 2 is 2.00 bits per heavy atom. The number of rotatable bonds is 5. The van der Waals surface area contributed by atoms with E-state index in [1.165, 1.54) is 18.2 Å². The van der Waals surface area contributed by atoms with Gasteiger partial charge in [0.15, 0.2) is 0 Å². The lowest BCUT2D eigenvalue weighted by Gasteiger charge is -2.12. The SMILES string of the molecule is [2H]C([2H])([2H])C([2H])([2H])Nc1ccc2nn(-c3ccc4nn(C)cc4c3)c(=O)c(-c3ccc(C(F)F)nc3)c2n1. The molecule has 166 valence electrons. The molecule has 5 aromatic rings. The van der Waals surface area contributed by atoms with Crippen molar-refractivity contribution in [1.82, 2.24) is 29.5 Å². The fraction of sp³-hybridized carbons (Fsp3) is 0.174. The molecule has 0 saturated heterocycles. The summed E-state index contributed by atoms with van der Waals surface area (Å²) >= 11 is 0. The molecule has 0 fully saturated rings. The molecule has 0 unspecified atom stereocenters. The van der Waals surface area contributed by atoms with Crippen LogP contribution in [-0.4, -0.2) is 36.0 Å². The Labute approximate surface area is 193 Å².